The SMILES string of the molecule is COCCOc1ccc(N2CCN(CC3CCCNC3)CC2)cc1. The van der Waals surface area contributed by atoms with Crippen LogP contribution in [0.3, 0.4) is 0 Å². The maximum absolute atomic E-state index is 5.63. The van der Waals surface area contributed by atoms with Crippen LogP contribution in [0.5, 0.6) is 5.75 Å². The van der Waals surface area contributed by atoms with Gasteiger partial charge in [-0.3, -0.25) is 4.90 Å². The molecule has 0 amide bonds. The highest BCUT2D eigenvalue weighted by molar-refractivity contribution is 5.49. The fourth-order valence-electron chi connectivity index (χ4n) is 3.63. The van der Waals surface area contributed by atoms with Crippen LogP contribution in [0.2, 0.25) is 0 Å². The summed E-state index contributed by atoms with van der Waals surface area (Å²) in [6, 6.07) is 8.46. The Morgan fingerprint density at radius 3 is 2.54 bits per heavy atom. The van der Waals surface area contributed by atoms with Gasteiger partial charge >= 0.3 is 0 Å². The lowest BCUT2D eigenvalue weighted by molar-refractivity contribution is 0.146. The van der Waals surface area contributed by atoms with E-state index in [0.29, 0.717) is 13.2 Å². The van der Waals surface area contributed by atoms with Crippen molar-refractivity contribution in [2.75, 3.05) is 71.0 Å². The average Bonchev–Trinajstić information content (AvgIpc) is 2.64. The highest BCUT2D eigenvalue weighted by atomic mass is 16.5. The van der Waals surface area contributed by atoms with Gasteiger partial charge in [0, 0.05) is 45.5 Å². The summed E-state index contributed by atoms with van der Waals surface area (Å²) in [5.41, 5.74) is 1.30. The number of ether oxygens (including phenoxy) is 2. The highest BCUT2D eigenvalue weighted by Crippen LogP contribution is 2.21. The number of piperazine rings is 1. The van der Waals surface area contributed by atoms with E-state index in [0.717, 1.165) is 24.8 Å². The van der Waals surface area contributed by atoms with Gasteiger partial charge in [0.2, 0.25) is 0 Å². The lowest BCUT2D eigenvalue weighted by atomic mass is 9.99. The second kappa shape index (κ2) is 9.25. The van der Waals surface area contributed by atoms with Gasteiger partial charge in [-0.1, -0.05) is 0 Å². The Bertz CT molecular complexity index is 466. The van der Waals surface area contributed by atoms with Gasteiger partial charge in [-0.2, -0.15) is 0 Å². The number of nitrogens with zero attached hydrogens (tertiary/aromatic N) is 2. The second-order valence-electron chi connectivity index (χ2n) is 6.84. The molecule has 0 saturated carbocycles. The predicted molar refractivity (Wildman–Crippen MR) is 98.1 cm³/mol. The highest BCUT2D eigenvalue weighted by Gasteiger charge is 2.21. The molecule has 2 aliphatic heterocycles. The van der Waals surface area contributed by atoms with Crippen LogP contribution in [0, 0.1) is 5.92 Å². The van der Waals surface area contributed by atoms with Crippen LogP contribution < -0.4 is 15.0 Å². The van der Waals surface area contributed by atoms with Crippen molar-refractivity contribution in [2.24, 2.45) is 5.92 Å². The molecule has 0 spiro atoms. The van der Waals surface area contributed by atoms with Gasteiger partial charge < -0.3 is 19.7 Å². The lowest BCUT2D eigenvalue weighted by Crippen LogP contribution is -2.49. The van der Waals surface area contributed by atoms with Gasteiger partial charge in [0.1, 0.15) is 12.4 Å². The average molecular weight is 333 g/mol. The van der Waals surface area contributed by atoms with E-state index in [1.165, 1.54) is 51.3 Å². The van der Waals surface area contributed by atoms with Crippen LogP contribution >= 0.6 is 0 Å². The summed E-state index contributed by atoms with van der Waals surface area (Å²) in [5.74, 6) is 1.76. The molecule has 2 heterocycles. The van der Waals surface area contributed by atoms with E-state index < -0.39 is 0 Å². The molecule has 0 aromatic heterocycles. The van der Waals surface area contributed by atoms with Gasteiger partial charge in [-0.05, 0) is 56.1 Å². The van der Waals surface area contributed by atoms with E-state index >= 15 is 0 Å². The summed E-state index contributed by atoms with van der Waals surface area (Å²) < 4.78 is 10.6. The molecular weight excluding hydrogens is 302 g/mol. The van der Waals surface area contributed by atoms with Crippen LogP contribution in [0.1, 0.15) is 12.8 Å². The zero-order valence-corrected chi connectivity index (χ0v) is 14.9. The third kappa shape index (κ3) is 5.10. The third-order valence-corrected chi connectivity index (χ3v) is 5.05. The Labute approximate surface area is 145 Å². The van der Waals surface area contributed by atoms with E-state index in [9.17, 15) is 0 Å². The summed E-state index contributed by atoms with van der Waals surface area (Å²) in [4.78, 5) is 5.12. The molecule has 1 aromatic rings. The Morgan fingerprint density at radius 2 is 1.88 bits per heavy atom. The van der Waals surface area contributed by atoms with E-state index in [2.05, 4.69) is 39.4 Å². The predicted octanol–water partition coefficient (Wildman–Crippen LogP) is 1.83. The molecule has 2 fully saturated rings. The molecule has 3 rings (SSSR count). The summed E-state index contributed by atoms with van der Waals surface area (Å²) in [5, 5.41) is 3.53. The van der Waals surface area contributed by atoms with Crippen molar-refractivity contribution >= 4 is 5.69 Å². The fraction of sp³-hybridized carbons (Fsp3) is 0.684. The molecule has 5 nitrogen and oxygen atoms in total. The number of rotatable bonds is 7. The largest absolute Gasteiger partial charge is 0.491 e. The minimum Gasteiger partial charge on any atom is -0.491 e. The van der Waals surface area contributed by atoms with Crippen molar-refractivity contribution < 1.29 is 9.47 Å². The molecule has 134 valence electrons. The second-order valence-corrected chi connectivity index (χ2v) is 6.84. The van der Waals surface area contributed by atoms with Crippen molar-refractivity contribution in [3.05, 3.63) is 24.3 Å². The lowest BCUT2D eigenvalue weighted by Gasteiger charge is -2.38. The molecule has 2 aliphatic rings. The van der Waals surface area contributed by atoms with Crippen molar-refractivity contribution in [3.8, 4) is 5.75 Å². The van der Waals surface area contributed by atoms with E-state index in [4.69, 9.17) is 9.47 Å². The molecule has 24 heavy (non-hydrogen) atoms. The van der Waals surface area contributed by atoms with E-state index in [1.807, 2.05) is 0 Å². The Kier molecular flexibility index (Phi) is 6.75. The molecule has 0 aliphatic carbocycles. The van der Waals surface area contributed by atoms with Crippen LogP contribution in [0.15, 0.2) is 24.3 Å². The summed E-state index contributed by atoms with van der Waals surface area (Å²) in [6.45, 7) is 9.46. The normalized spacial score (nSPS) is 22.5. The van der Waals surface area contributed by atoms with E-state index in [1.54, 1.807) is 7.11 Å². The van der Waals surface area contributed by atoms with Crippen molar-refractivity contribution in [2.45, 2.75) is 12.8 Å². The Hall–Kier alpha value is -1.30. The molecule has 0 radical (unpaired) electrons. The molecule has 1 unspecified atom stereocenters. The summed E-state index contributed by atoms with van der Waals surface area (Å²) >= 11 is 0. The standard InChI is InChI=1S/C19H31N3O2/c1-23-13-14-24-19-6-4-18(5-7-19)22-11-9-21(10-12-22)16-17-3-2-8-20-15-17/h4-7,17,20H,2-3,8-16H2,1H3. The van der Waals surface area contributed by atoms with Crippen LogP contribution in [-0.4, -0.2) is 71.0 Å². The maximum atomic E-state index is 5.63. The number of methoxy groups -OCH3 is 1. The Morgan fingerprint density at radius 1 is 1.08 bits per heavy atom. The zero-order chi connectivity index (χ0) is 16.6. The fourth-order valence-corrected chi connectivity index (χ4v) is 3.63. The van der Waals surface area contributed by atoms with Crippen LogP contribution in [0.4, 0.5) is 5.69 Å². The number of hydrogen-bond donors (Lipinski definition) is 1. The molecular formula is C19H31N3O2. The smallest absolute Gasteiger partial charge is 0.119 e. The summed E-state index contributed by atoms with van der Waals surface area (Å²) in [7, 11) is 1.69. The molecule has 1 aromatic carbocycles. The van der Waals surface area contributed by atoms with E-state index in [-0.39, 0.29) is 0 Å². The summed E-state index contributed by atoms with van der Waals surface area (Å²) in [6.07, 6.45) is 2.72. The first-order chi connectivity index (χ1) is 11.8. The van der Waals surface area contributed by atoms with Gasteiger partial charge in [0.25, 0.3) is 0 Å². The minimum absolute atomic E-state index is 0.602. The molecule has 2 saturated heterocycles. The van der Waals surface area contributed by atoms with Gasteiger partial charge in [-0.25, -0.2) is 0 Å². The number of benzene rings is 1. The Balaban J connectivity index is 1.42. The van der Waals surface area contributed by atoms with Crippen molar-refractivity contribution in [3.63, 3.8) is 0 Å². The maximum Gasteiger partial charge on any atom is 0.119 e. The first-order valence-corrected chi connectivity index (χ1v) is 9.25. The number of anilines is 1. The van der Waals surface area contributed by atoms with Gasteiger partial charge in [0.05, 0.1) is 6.61 Å². The number of piperidine rings is 1. The minimum atomic E-state index is 0.602. The quantitative estimate of drug-likeness (QED) is 0.771. The van der Waals surface area contributed by atoms with Crippen LogP contribution in [-0.2, 0) is 4.74 Å². The topological polar surface area (TPSA) is 37.0 Å². The molecule has 1 atom stereocenters. The van der Waals surface area contributed by atoms with Gasteiger partial charge in [-0.15, -0.1) is 0 Å². The van der Waals surface area contributed by atoms with Crippen molar-refractivity contribution in [1.82, 2.24) is 10.2 Å². The molecule has 5 heteroatoms. The number of nitrogens with one attached hydrogen (secondary N) is 1. The molecule has 0 bridgehead atoms. The van der Waals surface area contributed by atoms with Crippen molar-refractivity contribution in [1.29, 1.82) is 0 Å². The van der Waals surface area contributed by atoms with Crippen LogP contribution in [0.25, 0.3) is 0 Å². The zero-order valence-electron chi connectivity index (χ0n) is 14.9. The first kappa shape index (κ1) is 17.5. The molecule has 1 N–H and O–H groups in total. The number of hydrogen-bond acceptors (Lipinski definition) is 5. The van der Waals surface area contributed by atoms with Gasteiger partial charge in [0.15, 0.2) is 0 Å². The first-order valence-electron chi connectivity index (χ1n) is 9.25. The third-order valence-electron chi connectivity index (χ3n) is 5.05. The monoisotopic (exact) mass is 333 g/mol.